The van der Waals surface area contributed by atoms with Crippen LogP contribution in [0.15, 0.2) is 194 Å². The van der Waals surface area contributed by atoms with Gasteiger partial charge in [0.25, 0.3) is 0 Å². The summed E-state index contributed by atoms with van der Waals surface area (Å²) in [5.41, 5.74) is 14.3. The van der Waals surface area contributed by atoms with E-state index in [1.807, 2.05) is 156 Å². The number of carbonyl (C=O) groups excluding carboxylic acids is 8. The van der Waals surface area contributed by atoms with Gasteiger partial charge < -0.3 is 59.8 Å². The first-order valence-electron chi connectivity index (χ1n) is 47.5. The van der Waals surface area contributed by atoms with Crippen LogP contribution in [0.25, 0.3) is 0 Å². The zero-order chi connectivity index (χ0) is 104. The van der Waals surface area contributed by atoms with E-state index in [1.54, 1.807) is 48.0 Å². The van der Waals surface area contributed by atoms with Crippen molar-refractivity contribution in [1.82, 2.24) is 40.9 Å². The van der Waals surface area contributed by atoms with Gasteiger partial charge in [-0.15, -0.1) is 0 Å². The van der Waals surface area contributed by atoms with Crippen LogP contribution in [0.4, 0.5) is 0 Å². The number of methoxy groups -OCH3 is 4. The van der Waals surface area contributed by atoms with Crippen LogP contribution in [-0.4, -0.2) is 123 Å². The Morgan fingerprint density at radius 1 is 0.221 bits per heavy atom. The van der Waals surface area contributed by atoms with Crippen molar-refractivity contribution in [2.75, 3.05) is 56.6 Å². The molecule has 20 heteroatoms. The number of aryl methyl sites for hydroxylation is 4. The number of ether oxygens (including phenoxy) is 4. The van der Waals surface area contributed by atoms with Gasteiger partial charge in [0, 0.05) is 132 Å². The molecule has 752 valence electrons. The van der Waals surface area contributed by atoms with Gasteiger partial charge >= 0.3 is 0 Å². The standard InChI is InChI=1S/2C15H23NO2.2C15H23NO.2C14H21NO2.2C14H21NO/c1-15(2,3)10-14(17)16(4)11-12-6-8-13(18-5)9-7-12;1-15(2,3)10-14(17)16(4)11-12-7-6-8-13(9-12)18-5;1-12-6-8-13(9-7-12)11-16(5)14(17)10-15(2,3)4;1-12-7-6-8-13(9-12)11-16(5)14(17)10-15(2,3)4;1-14(2,3)9-13(16)15-10-11-5-7-12(17-4)8-6-11;1-14(2,3)9-13(16)15-10-11-6-5-7-12(8-11)17-4;1-11-5-7-12(8-6-11)10-15-13(16)9-14(2,3)4;1-11-6-5-7-12(8-11)10-15-13(16)9-14(2,3)4/h2*6-9H,10-11H2,1-5H3;2*6-9H,10-11H2,1-5H3;2*5-8H,9-10H2,1-4H3,(H,15,16);2*5-8H,9-10H2,1-4H3,(H,15,16). The zero-order valence-corrected chi connectivity index (χ0v) is 90.5. The number of nitrogens with one attached hydrogen (secondary N) is 4. The molecule has 20 nitrogen and oxygen atoms in total. The maximum Gasteiger partial charge on any atom is 0.223 e. The molecule has 8 amide bonds. The monoisotopic (exact) mass is 1870 g/mol. The molecule has 136 heavy (non-hydrogen) atoms. The van der Waals surface area contributed by atoms with Crippen LogP contribution in [0.3, 0.4) is 0 Å². The molecule has 0 heterocycles. The van der Waals surface area contributed by atoms with E-state index < -0.39 is 0 Å². The maximum atomic E-state index is 12.0. The molecule has 8 rings (SSSR count). The highest BCUT2D eigenvalue weighted by Crippen LogP contribution is 2.28. The second kappa shape index (κ2) is 59.7. The number of hydrogen-bond donors (Lipinski definition) is 4. The third-order valence-electron chi connectivity index (χ3n) is 19.8. The Balaban J connectivity index is 0.000000777. The first-order valence-corrected chi connectivity index (χ1v) is 47.5. The van der Waals surface area contributed by atoms with Crippen molar-refractivity contribution in [3.63, 3.8) is 0 Å². The molecule has 0 aromatic heterocycles. The Labute approximate surface area is 822 Å². The lowest BCUT2D eigenvalue weighted by Gasteiger charge is -2.23. The molecule has 0 unspecified atom stereocenters. The molecule has 0 bridgehead atoms. The number of benzene rings is 8. The first kappa shape index (κ1) is 123. The van der Waals surface area contributed by atoms with Crippen molar-refractivity contribution in [2.24, 2.45) is 43.3 Å². The normalized spacial score (nSPS) is 11.2. The first-order chi connectivity index (χ1) is 62.7. The van der Waals surface area contributed by atoms with Crippen molar-refractivity contribution < 1.29 is 57.3 Å². The van der Waals surface area contributed by atoms with Crippen LogP contribution in [0, 0.1) is 71.0 Å². The lowest BCUT2D eigenvalue weighted by Crippen LogP contribution is -2.29. The van der Waals surface area contributed by atoms with E-state index in [0.717, 1.165) is 56.4 Å². The molecule has 0 saturated heterocycles. The van der Waals surface area contributed by atoms with Gasteiger partial charge in [-0.05, 0) is 164 Å². The van der Waals surface area contributed by atoms with Gasteiger partial charge in [-0.1, -0.05) is 334 Å². The molecule has 4 N–H and O–H groups in total. The summed E-state index contributed by atoms with van der Waals surface area (Å²) < 4.78 is 20.5. The molecule has 0 atom stereocenters. The number of nitrogens with zero attached hydrogens (tertiary/aromatic N) is 4. The predicted octanol–water partition coefficient (Wildman–Crippen LogP) is 24.5. The second-order valence-electron chi connectivity index (χ2n) is 45.4. The van der Waals surface area contributed by atoms with Crippen molar-refractivity contribution in [2.45, 2.75) is 298 Å². The van der Waals surface area contributed by atoms with Crippen LogP contribution in [0.2, 0.25) is 0 Å². The van der Waals surface area contributed by atoms with Gasteiger partial charge in [-0.25, -0.2) is 0 Å². The molecule has 0 saturated carbocycles. The molecule has 0 aliphatic rings. The summed E-state index contributed by atoms with van der Waals surface area (Å²) in [6, 6.07) is 64.0. The van der Waals surface area contributed by atoms with Crippen LogP contribution in [0.5, 0.6) is 23.0 Å². The zero-order valence-electron chi connectivity index (χ0n) is 90.5. The van der Waals surface area contributed by atoms with Gasteiger partial charge in [0.05, 0.1) is 28.4 Å². The van der Waals surface area contributed by atoms with E-state index in [2.05, 4.69) is 282 Å². The average molecular weight is 1870 g/mol. The molecule has 0 fully saturated rings. The maximum absolute atomic E-state index is 12.0. The molecule has 0 aliphatic heterocycles. The number of carbonyl (C=O) groups is 8. The molecule has 0 spiro atoms. The summed E-state index contributed by atoms with van der Waals surface area (Å²) in [6.07, 6.45) is 4.54. The minimum atomic E-state index is 0.0263. The fourth-order valence-electron chi connectivity index (χ4n) is 12.8. The van der Waals surface area contributed by atoms with Crippen LogP contribution in [0.1, 0.15) is 284 Å². The molecule has 0 aliphatic carbocycles. The topological polar surface area (TPSA) is 235 Å². The fraction of sp³-hybridized carbons (Fsp3) is 0.517. The summed E-state index contributed by atoms with van der Waals surface area (Å²) in [6.45, 7) is 63.0. The van der Waals surface area contributed by atoms with Crippen molar-refractivity contribution in [1.29, 1.82) is 0 Å². The molecule has 0 radical (unpaired) electrons. The van der Waals surface area contributed by atoms with E-state index in [0.29, 0.717) is 104 Å². The smallest absolute Gasteiger partial charge is 0.223 e. The van der Waals surface area contributed by atoms with Gasteiger partial charge in [0.1, 0.15) is 23.0 Å². The Bertz CT molecular complexity index is 4850. The van der Waals surface area contributed by atoms with Gasteiger partial charge in [0.15, 0.2) is 0 Å². The highest BCUT2D eigenvalue weighted by atomic mass is 16.5. The van der Waals surface area contributed by atoms with Crippen molar-refractivity contribution in [3.05, 3.63) is 261 Å². The Hall–Kier alpha value is -11.3. The van der Waals surface area contributed by atoms with Gasteiger partial charge in [-0.3, -0.25) is 38.4 Å². The SMILES string of the molecule is COc1ccc(CN(C)C(=O)CC(C)(C)C)cc1.COc1ccc(CNC(=O)CC(C)(C)C)cc1.COc1cccc(CN(C)C(=O)CC(C)(C)C)c1.COc1cccc(CNC(=O)CC(C)(C)C)c1.Cc1ccc(CN(C)C(=O)CC(C)(C)C)cc1.Cc1ccc(CNC(=O)CC(C)(C)C)cc1.Cc1cccc(CN(C)C(=O)CC(C)(C)C)c1.Cc1cccc(CNC(=O)CC(C)(C)C)c1. The number of rotatable bonds is 28. The molecular formula is C116H176N8O12. The average Bonchev–Trinajstić information content (AvgIpc) is 0.874. The highest BCUT2D eigenvalue weighted by molar-refractivity contribution is 5.80. The lowest BCUT2D eigenvalue weighted by molar-refractivity contribution is -0.133. The quantitative estimate of drug-likeness (QED) is 0.0358. The molecule has 8 aromatic rings. The van der Waals surface area contributed by atoms with E-state index in [4.69, 9.17) is 18.9 Å². The fourth-order valence-corrected chi connectivity index (χ4v) is 12.8. The third-order valence-corrected chi connectivity index (χ3v) is 19.8. The second-order valence-corrected chi connectivity index (χ2v) is 45.4. The molecule has 8 aromatic carbocycles. The Kier molecular flexibility index (Phi) is 53.8. The largest absolute Gasteiger partial charge is 0.497 e. The van der Waals surface area contributed by atoms with Gasteiger partial charge in [-0.2, -0.15) is 0 Å². The summed E-state index contributed by atoms with van der Waals surface area (Å²) >= 11 is 0. The molecular weight excluding hydrogens is 1700 g/mol. The van der Waals surface area contributed by atoms with E-state index in [-0.39, 0.29) is 90.6 Å². The van der Waals surface area contributed by atoms with E-state index >= 15 is 0 Å². The predicted molar refractivity (Wildman–Crippen MR) is 563 cm³/mol. The van der Waals surface area contributed by atoms with Crippen LogP contribution >= 0.6 is 0 Å². The minimum absolute atomic E-state index is 0.0263. The minimum Gasteiger partial charge on any atom is -0.497 e. The lowest BCUT2D eigenvalue weighted by atomic mass is 9.91. The Morgan fingerprint density at radius 3 is 0.676 bits per heavy atom. The summed E-state index contributed by atoms with van der Waals surface area (Å²) in [5.74, 6) is 4.48. The highest BCUT2D eigenvalue weighted by Gasteiger charge is 2.25. The summed E-state index contributed by atoms with van der Waals surface area (Å²) in [4.78, 5) is 102. The number of amides is 8. The van der Waals surface area contributed by atoms with E-state index in [9.17, 15) is 38.4 Å². The number of hydrogen-bond acceptors (Lipinski definition) is 12. The van der Waals surface area contributed by atoms with E-state index in [1.165, 1.54) is 33.4 Å². The van der Waals surface area contributed by atoms with Crippen LogP contribution < -0.4 is 40.2 Å². The summed E-state index contributed by atoms with van der Waals surface area (Å²) in [5, 5.41) is 11.7. The summed E-state index contributed by atoms with van der Waals surface area (Å²) in [7, 11) is 14.0. The van der Waals surface area contributed by atoms with Gasteiger partial charge in [0.2, 0.25) is 47.3 Å². The third kappa shape index (κ3) is 63.9. The Morgan fingerprint density at radius 2 is 0.419 bits per heavy atom. The van der Waals surface area contributed by atoms with Crippen molar-refractivity contribution in [3.8, 4) is 23.0 Å². The van der Waals surface area contributed by atoms with Crippen molar-refractivity contribution >= 4 is 47.3 Å². The van der Waals surface area contributed by atoms with Crippen LogP contribution in [-0.2, 0) is 90.7 Å².